The number of nitrogens with one attached hydrogen (secondary N) is 1. The van der Waals surface area contributed by atoms with E-state index >= 15 is 0 Å². The van der Waals surface area contributed by atoms with Crippen LogP contribution in [0.4, 0.5) is 5.69 Å². The van der Waals surface area contributed by atoms with Gasteiger partial charge in [0.2, 0.25) is 5.91 Å². The average Bonchev–Trinajstić information content (AvgIpc) is 3.10. The summed E-state index contributed by atoms with van der Waals surface area (Å²) in [5, 5.41) is 4.48. The predicted molar refractivity (Wildman–Crippen MR) is 104 cm³/mol. The van der Waals surface area contributed by atoms with Gasteiger partial charge in [-0.1, -0.05) is 31.5 Å². The first-order valence-corrected chi connectivity index (χ1v) is 9.46. The summed E-state index contributed by atoms with van der Waals surface area (Å²) < 4.78 is 6.39. The number of hydrogen-bond acceptors (Lipinski definition) is 6. The molecule has 2 aromatic heterocycles. The molecular weight excluding hydrogens is 366 g/mol. The van der Waals surface area contributed by atoms with Gasteiger partial charge in [-0.25, -0.2) is 9.78 Å². The first-order valence-electron chi connectivity index (χ1n) is 8.58. The quantitative estimate of drug-likeness (QED) is 0.499. The molecule has 0 aliphatic carbocycles. The zero-order valence-electron chi connectivity index (χ0n) is 14.8. The number of nitrogens with zero attached hydrogens (tertiary/aromatic N) is 2. The van der Waals surface area contributed by atoms with Crippen molar-refractivity contribution in [2.75, 3.05) is 11.9 Å². The van der Waals surface area contributed by atoms with Crippen molar-refractivity contribution < 1.29 is 14.3 Å². The normalized spacial score (nSPS) is 10.7. The molecule has 0 spiro atoms. The number of fused-ring (bicyclic) bond motifs is 1. The number of benzene rings is 1. The number of rotatable bonds is 7. The van der Waals surface area contributed by atoms with Gasteiger partial charge in [0.15, 0.2) is 0 Å². The van der Waals surface area contributed by atoms with Gasteiger partial charge < -0.3 is 10.1 Å². The average molecular weight is 385 g/mol. The van der Waals surface area contributed by atoms with Crippen LogP contribution < -0.4 is 10.9 Å². The Bertz CT molecular complexity index is 1010. The lowest BCUT2D eigenvalue weighted by Crippen LogP contribution is -2.28. The van der Waals surface area contributed by atoms with Gasteiger partial charge in [-0.3, -0.25) is 14.2 Å². The van der Waals surface area contributed by atoms with Crippen LogP contribution in [0.25, 0.3) is 10.2 Å². The van der Waals surface area contributed by atoms with Gasteiger partial charge in [0.1, 0.15) is 11.4 Å². The van der Waals surface area contributed by atoms with Crippen LogP contribution in [-0.2, 0) is 16.1 Å². The molecule has 0 atom stereocenters. The topological polar surface area (TPSA) is 90.3 Å². The lowest BCUT2D eigenvalue weighted by Gasteiger charge is -2.07. The molecule has 0 radical (unpaired) electrons. The molecule has 8 heteroatoms. The predicted octanol–water partition coefficient (Wildman–Crippen LogP) is 3.05. The number of esters is 1. The fraction of sp³-hybridized carbons (Fsp3) is 0.263. The summed E-state index contributed by atoms with van der Waals surface area (Å²) in [6.07, 6.45) is 2.98. The van der Waals surface area contributed by atoms with E-state index in [1.54, 1.807) is 29.6 Å². The second-order valence-electron chi connectivity index (χ2n) is 5.91. The smallest absolute Gasteiger partial charge is 0.339 e. The van der Waals surface area contributed by atoms with E-state index in [1.165, 1.54) is 22.2 Å². The van der Waals surface area contributed by atoms with Crippen molar-refractivity contribution in [1.29, 1.82) is 0 Å². The van der Waals surface area contributed by atoms with Crippen LogP contribution in [0.15, 0.2) is 46.8 Å². The molecular formula is C19H19N3O4S. The highest BCUT2D eigenvalue weighted by molar-refractivity contribution is 7.17. The molecule has 0 aliphatic rings. The number of aromatic nitrogens is 2. The molecule has 27 heavy (non-hydrogen) atoms. The standard InChI is InChI=1S/C19H19N3O4S/c1-2-3-9-26-19(25)14-11-27-17-16(14)18(24)22(12-20-17)10-15(23)21-13-7-5-4-6-8-13/h4-8,11-12H,2-3,9-10H2,1H3,(H,21,23). The molecule has 1 aromatic carbocycles. The number of carbonyl (C=O) groups excluding carboxylic acids is 2. The Morgan fingerprint density at radius 3 is 2.78 bits per heavy atom. The van der Waals surface area contributed by atoms with Gasteiger partial charge in [-0.2, -0.15) is 0 Å². The summed E-state index contributed by atoms with van der Waals surface area (Å²) in [4.78, 5) is 41.9. The number of carbonyl (C=O) groups is 2. The summed E-state index contributed by atoms with van der Waals surface area (Å²) in [6, 6.07) is 8.96. The summed E-state index contributed by atoms with van der Waals surface area (Å²) in [5.41, 5.74) is 0.397. The zero-order valence-corrected chi connectivity index (χ0v) is 15.6. The van der Waals surface area contributed by atoms with Gasteiger partial charge in [0.25, 0.3) is 5.56 Å². The third-order valence-corrected chi connectivity index (χ3v) is 4.77. The zero-order chi connectivity index (χ0) is 19.2. The van der Waals surface area contributed by atoms with Crippen molar-refractivity contribution in [2.45, 2.75) is 26.3 Å². The van der Waals surface area contributed by atoms with Crippen molar-refractivity contribution >= 4 is 39.1 Å². The van der Waals surface area contributed by atoms with E-state index in [0.29, 0.717) is 17.1 Å². The third kappa shape index (κ3) is 4.40. The minimum absolute atomic E-state index is 0.191. The molecule has 0 unspecified atom stereocenters. The molecule has 0 bridgehead atoms. The Hall–Kier alpha value is -3.00. The second-order valence-corrected chi connectivity index (χ2v) is 6.77. The van der Waals surface area contributed by atoms with Gasteiger partial charge >= 0.3 is 5.97 Å². The monoisotopic (exact) mass is 385 g/mol. The highest BCUT2D eigenvalue weighted by Crippen LogP contribution is 2.21. The number of amides is 1. The molecule has 3 rings (SSSR count). The van der Waals surface area contributed by atoms with Crippen LogP contribution in [0, 0.1) is 0 Å². The number of anilines is 1. The highest BCUT2D eigenvalue weighted by Gasteiger charge is 2.19. The number of ether oxygens (including phenoxy) is 1. The van der Waals surface area contributed by atoms with E-state index in [-0.39, 0.29) is 23.4 Å². The van der Waals surface area contributed by atoms with Crippen molar-refractivity contribution in [3.63, 3.8) is 0 Å². The Morgan fingerprint density at radius 2 is 2.04 bits per heavy atom. The fourth-order valence-corrected chi connectivity index (χ4v) is 3.36. The molecule has 0 aliphatic heterocycles. The van der Waals surface area contributed by atoms with Crippen LogP contribution in [0.5, 0.6) is 0 Å². The summed E-state index contributed by atoms with van der Waals surface area (Å²) in [5.74, 6) is -0.896. The Balaban J connectivity index is 1.82. The number of para-hydroxylation sites is 1. The van der Waals surface area contributed by atoms with E-state index in [0.717, 1.165) is 12.8 Å². The lowest BCUT2D eigenvalue weighted by atomic mass is 10.2. The molecule has 1 N–H and O–H groups in total. The van der Waals surface area contributed by atoms with Gasteiger partial charge in [-0.05, 0) is 18.6 Å². The second kappa shape index (κ2) is 8.59. The Labute approximate surface area is 159 Å². The van der Waals surface area contributed by atoms with E-state index in [4.69, 9.17) is 4.74 Å². The van der Waals surface area contributed by atoms with E-state index in [9.17, 15) is 14.4 Å². The first-order chi connectivity index (χ1) is 13.1. The van der Waals surface area contributed by atoms with Crippen molar-refractivity contribution in [1.82, 2.24) is 9.55 Å². The van der Waals surface area contributed by atoms with E-state index in [2.05, 4.69) is 10.3 Å². The summed E-state index contributed by atoms with van der Waals surface area (Å²) >= 11 is 1.20. The SMILES string of the molecule is CCCCOC(=O)c1csc2ncn(CC(=O)Nc3ccccc3)c(=O)c12. The van der Waals surface area contributed by atoms with Gasteiger partial charge in [0, 0.05) is 11.1 Å². The molecule has 0 saturated heterocycles. The van der Waals surface area contributed by atoms with Crippen LogP contribution in [0.1, 0.15) is 30.1 Å². The minimum atomic E-state index is -0.542. The van der Waals surface area contributed by atoms with Crippen molar-refractivity contribution in [3.05, 3.63) is 58.0 Å². The molecule has 1 amide bonds. The van der Waals surface area contributed by atoms with Crippen LogP contribution in [0.3, 0.4) is 0 Å². The Kier molecular flexibility index (Phi) is 5.97. The van der Waals surface area contributed by atoms with Gasteiger partial charge in [0.05, 0.1) is 23.9 Å². The molecule has 7 nitrogen and oxygen atoms in total. The van der Waals surface area contributed by atoms with Crippen LogP contribution in [-0.4, -0.2) is 28.0 Å². The van der Waals surface area contributed by atoms with E-state index in [1.807, 2.05) is 13.0 Å². The summed E-state index contributed by atoms with van der Waals surface area (Å²) in [6.45, 7) is 2.11. The highest BCUT2D eigenvalue weighted by atomic mass is 32.1. The van der Waals surface area contributed by atoms with Crippen molar-refractivity contribution in [3.8, 4) is 0 Å². The summed E-state index contributed by atoms with van der Waals surface area (Å²) in [7, 11) is 0. The number of thiophene rings is 1. The fourth-order valence-electron chi connectivity index (χ4n) is 2.49. The first kappa shape index (κ1) is 18.8. The number of unbranched alkanes of at least 4 members (excludes halogenated alkanes) is 1. The van der Waals surface area contributed by atoms with Crippen molar-refractivity contribution in [2.24, 2.45) is 0 Å². The maximum absolute atomic E-state index is 12.8. The molecule has 0 saturated carbocycles. The molecule has 2 heterocycles. The molecule has 3 aromatic rings. The third-order valence-electron chi connectivity index (χ3n) is 3.88. The van der Waals surface area contributed by atoms with Crippen LogP contribution >= 0.6 is 11.3 Å². The minimum Gasteiger partial charge on any atom is -0.462 e. The van der Waals surface area contributed by atoms with Crippen LogP contribution in [0.2, 0.25) is 0 Å². The largest absolute Gasteiger partial charge is 0.462 e. The van der Waals surface area contributed by atoms with E-state index < -0.39 is 11.5 Å². The van der Waals surface area contributed by atoms with Gasteiger partial charge in [-0.15, -0.1) is 11.3 Å². The maximum Gasteiger partial charge on any atom is 0.339 e. The lowest BCUT2D eigenvalue weighted by molar-refractivity contribution is -0.116. The molecule has 140 valence electrons. The Morgan fingerprint density at radius 1 is 1.26 bits per heavy atom. The number of hydrogen-bond donors (Lipinski definition) is 1. The maximum atomic E-state index is 12.8. The molecule has 0 fully saturated rings.